The van der Waals surface area contributed by atoms with Crippen molar-refractivity contribution in [1.82, 2.24) is 10.2 Å². The number of carbonyl (C=O) groups is 1. The van der Waals surface area contributed by atoms with E-state index < -0.39 is 11.9 Å². The zero-order valence-corrected chi connectivity index (χ0v) is 17.1. The Bertz CT molecular complexity index is 1310. The molecular formula is C19H9BrClN3O3S. The lowest BCUT2D eigenvalue weighted by Crippen LogP contribution is -2.29. The third-order valence-corrected chi connectivity index (χ3v) is 5.97. The highest BCUT2D eigenvalue weighted by Crippen LogP contribution is 2.42. The summed E-state index contributed by atoms with van der Waals surface area (Å²) in [6.45, 7) is 0. The van der Waals surface area contributed by atoms with E-state index >= 15 is 0 Å². The first-order chi connectivity index (χ1) is 13.5. The van der Waals surface area contributed by atoms with Crippen molar-refractivity contribution in [3.63, 3.8) is 0 Å². The summed E-state index contributed by atoms with van der Waals surface area (Å²) in [4.78, 5) is 28.0. The molecule has 0 N–H and O–H groups in total. The van der Waals surface area contributed by atoms with Crippen molar-refractivity contribution >= 4 is 60.9 Å². The Balaban J connectivity index is 1.85. The molecule has 1 amide bonds. The van der Waals surface area contributed by atoms with Crippen molar-refractivity contribution in [3.05, 3.63) is 84.6 Å². The van der Waals surface area contributed by atoms with Gasteiger partial charge in [0.25, 0.3) is 5.91 Å². The highest BCUT2D eigenvalue weighted by atomic mass is 79.9. The fourth-order valence-corrected chi connectivity index (χ4v) is 4.58. The minimum absolute atomic E-state index is 0.0139. The molecule has 1 aliphatic rings. The van der Waals surface area contributed by atoms with E-state index in [2.05, 4.69) is 26.1 Å². The van der Waals surface area contributed by atoms with E-state index in [1.54, 1.807) is 18.2 Å². The Hall–Kier alpha value is -2.55. The van der Waals surface area contributed by atoms with Gasteiger partial charge in [-0.2, -0.15) is 0 Å². The normalized spacial score (nSPS) is 16.0. The standard InChI is InChI=1S/C19H9BrClN3O3S/c20-10-3-1-2-9(6-10)15-14-16(25)12-7-11(21)4-5-13(12)27-17(14)18(26)24(15)19-23-22-8-28-19/h1-8,15H/t15-/m1/s1. The number of benzene rings is 2. The largest absolute Gasteiger partial charge is 0.450 e. The average Bonchev–Trinajstić information content (AvgIpc) is 3.29. The van der Waals surface area contributed by atoms with Gasteiger partial charge >= 0.3 is 0 Å². The second kappa shape index (κ2) is 6.51. The van der Waals surface area contributed by atoms with E-state index in [0.717, 1.165) is 10.0 Å². The molecule has 2 aromatic carbocycles. The molecular weight excluding hydrogens is 466 g/mol. The number of amides is 1. The van der Waals surface area contributed by atoms with Gasteiger partial charge in [-0.3, -0.25) is 14.5 Å². The van der Waals surface area contributed by atoms with Gasteiger partial charge in [-0.05, 0) is 35.9 Å². The molecule has 9 heteroatoms. The van der Waals surface area contributed by atoms with Gasteiger partial charge in [-0.1, -0.05) is 51.0 Å². The molecule has 138 valence electrons. The highest BCUT2D eigenvalue weighted by Gasteiger charge is 2.45. The molecule has 0 unspecified atom stereocenters. The van der Waals surface area contributed by atoms with Crippen LogP contribution in [0.1, 0.15) is 27.7 Å². The third-order valence-electron chi connectivity index (χ3n) is 4.55. The molecule has 0 saturated heterocycles. The molecule has 0 saturated carbocycles. The predicted octanol–water partition coefficient (Wildman–Crippen LogP) is 4.81. The average molecular weight is 475 g/mol. The number of carbonyl (C=O) groups excluding carboxylic acids is 1. The Morgan fingerprint density at radius 3 is 2.79 bits per heavy atom. The summed E-state index contributed by atoms with van der Waals surface area (Å²) in [5.74, 6) is -0.411. The van der Waals surface area contributed by atoms with Gasteiger partial charge in [-0.15, -0.1) is 10.2 Å². The minimum atomic E-state index is -0.674. The Kier molecular flexibility index (Phi) is 4.08. The Labute approximate surface area is 175 Å². The quantitative estimate of drug-likeness (QED) is 0.417. The summed E-state index contributed by atoms with van der Waals surface area (Å²) < 4.78 is 6.69. The van der Waals surface area contributed by atoms with E-state index in [1.165, 1.54) is 21.7 Å². The summed E-state index contributed by atoms with van der Waals surface area (Å²) in [6.07, 6.45) is 0. The molecule has 4 aromatic rings. The van der Waals surface area contributed by atoms with E-state index in [0.29, 0.717) is 21.1 Å². The zero-order chi connectivity index (χ0) is 19.4. The second-order valence-electron chi connectivity index (χ2n) is 6.17. The van der Waals surface area contributed by atoms with Crippen molar-refractivity contribution in [2.45, 2.75) is 6.04 Å². The SMILES string of the molecule is O=C1c2oc3ccc(Cl)cc3c(=O)c2[C@@H](c2cccc(Br)c2)N1c1nncs1. The van der Waals surface area contributed by atoms with Gasteiger partial charge < -0.3 is 4.42 Å². The summed E-state index contributed by atoms with van der Waals surface area (Å²) in [7, 11) is 0. The van der Waals surface area contributed by atoms with E-state index in [-0.39, 0.29) is 16.8 Å². The van der Waals surface area contributed by atoms with Crippen molar-refractivity contribution in [2.75, 3.05) is 4.90 Å². The monoisotopic (exact) mass is 473 g/mol. The third kappa shape index (κ3) is 2.60. The predicted molar refractivity (Wildman–Crippen MR) is 110 cm³/mol. The van der Waals surface area contributed by atoms with Gasteiger partial charge in [0.15, 0.2) is 5.43 Å². The van der Waals surface area contributed by atoms with Gasteiger partial charge in [-0.25, -0.2) is 0 Å². The van der Waals surface area contributed by atoms with Gasteiger partial charge in [0.05, 0.1) is 17.0 Å². The first-order valence-corrected chi connectivity index (χ1v) is 10.2. The van der Waals surface area contributed by atoms with Crippen LogP contribution in [0.5, 0.6) is 0 Å². The number of hydrogen-bond donors (Lipinski definition) is 0. The molecule has 0 radical (unpaired) electrons. The number of fused-ring (bicyclic) bond motifs is 2. The van der Waals surface area contributed by atoms with E-state index in [9.17, 15) is 9.59 Å². The minimum Gasteiger partial charge on any atom is -0.450 e. The smallest absolute Gasteiger partial charge is 0.297 e. The summed E-state index contributed by atoms with van der Waals surface area (Å²) in [5.41, 5.74) is 2.59. The molecule has 0 bridgehead atoms. The van der Waals surface area contributed by atoms with Crippen LogP contribution in [0.25, 0.3) is 11.0 Å². The van der Waals surface area contributed by atoms with Crippen LogP contribution in [0.2, 0.25) is 5.02 Å². The molecule has 0 aliphatic carbocycles. The van der Waals surface area contributed by atoms with Crippen LogP contribution in [0.4, 0.5) is 5.13 Å². The number of halogens is 2. The van der Waals surface area contributed by atoms with E-state index in [1.807, 2.05) is 24.3 Å². The fraction of sp³-hybridized carbons (Fsp3) is 0.0526. The zero-order valence-electron chi connectivity index (χ0n) is 13.9. The van der Waals surface area contributed by atoms with Crippen molar-refractivity contribution in [3.8, 4) is 0 Å². The maximum Gasteiger partial charge on any atom is 0.297 e. The highest BCUT2D eigenvalue weighted by molar-refractivity contribution is 9.10. The molecule has 6 nitrogen and oxygen atoms in total. The molecule has 1 aliphatic heterocycles. The molecule has 3 heterocycles. The fourth-order valence-electron chi connectivity index (χ4n) is 3.41. The van der Waals surface area contributed by atoms with Crippen LogP contribution in [0, 0.1) is 0 Å². The topological polar surface area (TPSA) is 76.3 Å². The number of aromatic nitrogens is 2. The maximum atomic E-state index is 13.4. The molecule has 5 rings (SSSR count). The maximum absolute atomic E-state index is 13.4. The van der Waals surface area contributed by atoms with Crippen LogP contribution < -0.4 is 10.3 Å². The first-order valence-electron chi connectivity index (χ1n) is 8.16. The molecule has 0 fully saturated rings. The van der Waals surface area contributed by atoms with Crippen LogP contribution in [-0.4, -0.2) is 16.1 Å². The van der Waals surface area contributed by atoms with Crippen LogP contribution >= 0.6 is 38.9 Å². The van der Waals surface area contributed by atoms with Gasteiger partial charge in [0.2, 0.25) is 10.9 Å². The lowest BCUT2D eigenvalue weighted by Gasteiger charge is -2.22. The molecule has 28 heavy (non-hydrogen) atoms. The number of anilines is 1. The lowest BCUT2D eigenvalue weighted by atomic mass is 9.99. The van der Waals surface area contributed by atoms with Crippen LogP contribution in [-0.2, 0) is 0 Å². The van der Waals surface area contributed by atoms with Crippen LogP contribution in [0.3, 0.4) is 0 Å². The van der Waals surface area contributed by atoms with Crippen molar-refractivity contribution in [2.24, 2.45) is 0 Å². The number of nitrogens with zero attached hydrogens (tertiary/aromatic N) is 3. The van der Waals surface area contributed by atoms with Crippen molar-refractivity contribution < 1.29 is 9.21 Å². The molecule has 2 aromatic heterocycles. The summed E-state index contributed by atoms with van der Waals surface area (Å²) >= 11 is 10.7. The number of hydrogen-bond acceptors (Lipinski definition) is 6. The summed E-state index contributed by atoms with van der Waals surface area (Å²) in [5, 5.41) is 9.02. The lowest BCUT2D eigenvalue weighted by molar-refractivity contribution is 0.0970. The second-order valence-corrected chi connectivity index (χ2v) is 8.33. The van der Waals surface area contributed by atoms with Gasteiger partial charge in [0, 0.05) is 9.50 Å². The molecule has 0 spiro atoms. The van der Waals surface area contributed by atoms with Crippen molar-refractivity contribution in [1.29, 1.82) is 0 Å². The number of rotatable bonds is 2. The Morgan fingerprint density at radius 2 is 2.04 bits per heavy atom. The first kappa shape index (κ1) is 17.5. The molecule has 1 atom stereocenters. The van der Waals surface area contributed by atoms with Gasteiger partial charge in [0.1, 0.15) is 11.1 Å². The van der Waals surface area contributed by atoms with Crippen LogP contribution in [0.15, 0.2) is 61.7 Å². The van der Waals surface area contributed by atoms with E-state index in [4.69, 9.17) is 16.0 Å². The summed E-state index contributed by atoms with van der Waals surface area (Å²) in [6, 6.07) is 11.5. The Morgan fingerprint density at radius 1 is 1.18 bits per heavy atom.